The van der Waals surface area contributed by atoms with E-state index in [4.69, 9.17) is 23.0 Å². The molecule has 6 N–H and O–H groups in total. The van der Waals surface area contributed by atoms with Gasteiger partial charge in [0.2, 0.25) is 17.8 Å². The summed E-state index contributed by atoms with van der Waals surface area (Å²) in [7, 11) is 0. The molecule has 1 aliphatic heterocycles. The van der Waals surface area contributed by atoms with Crippen LogP contribution in [0.25, 0.3) is 21.9 Å². The molecule has 0 radical (unpaired) electrons. The first-order chi connectivity index (χ1) is 17.7. The van der Waals surface area contributed by atoms with Crippen LogP contribution in [-0.4, -0.2) is 68.0 Å². The molecular formula is C24H20O13. The number of fused-ring (bicyclic) bond motifs is 2. The second-order valence-electron chi connectivity index (χ2n) is 8.22. The van der Waals surface area contributed by atoms with Crippen LogP contribution in [0, 0.1) is 0 Å². The number of hydrogen-bond acceptors (Lipinski definition) is 13. The van der Waals surface area contributed by atoms with E-state index in [0.717, 1.165) is 12.1 Å². The van der Waals surface area contributed by atoms with Crippen molar-refractivity contribution in [1.29, 1.82) is 0 Å². The largest absolute Gasteiger partial charge is 0.504 e. The van der Waals surface area contributed by atoms with E-state index in [1.807, 2.05) is 0 Å². The van der Waals surface area contributed by atoms with E-state index < -0.39 is 60.1 Å². The minimum Gasteiger partial charge on any atom is -0.504 e. The fourth-order valence-corrected chi connectivity index (χ4v) is 3.94. The van der Waals surface area contributed by atoms with Gasteiger partial charge in [-0.05, 0) is 24.3 Å². The second kappa shape index (κ2) is 9.38. The second-order valence-corrected chi connectivity index (χ2v) is 8.22. The summed E-state index contributed by atoms with van der Waals surface area (Å²) in [5, 5.41) is 60.8. The quantitative estimate of drug-likeness (QED) is 0.156. The number of phenolic OH excluding ortho intramolecular Hbond substituents is 2. The predicted octanol–water partition coefficient (Wildman–Crippen LogP) is 0.282. The zero-order valence-corrected chi connectivity index (χ0v) is 18.7. The summed E-state index contributed by atoms with van der Waals surface area (Å²) in [6.07, 6.45) is -7.96. The monoisotopic (exact) mass is 516 g/mol. The van der Waals surface area contributed by atoms with Crippen molar-refractivity contribution in [3.05, 3.63) is 63.3 Å². The van der Waals surface area contributed by atoms with Crippen molar-refractivity contribution < 1.29 is 53.7 Å². The third kappa shape index (κ3) is 4.34. The number of rotatable bonds is 5. The average Bonchev–Trinajstić information content (AvgIpc) is 2.88. The van der Waals surface area contributed by atoms with E-state index in [1.165, 1.54) is 30.3 Å². The van der Waals surface area contributed by atoms with Crippen LogP contribution >= 0.6 is 0 Å². The van der Waals surface area contributed by atoms with E-state index in [0.29, 0.717) is 5.39 Å². The molecule has 4 aromatic rings. The highest BCUT2D eigenvalue weighted by Gasteiger charge is 2.45. The van der Waals surface area contributed by atoms with Crippen LogP contribution in [0.1, 0.15) is 0 Å². The van der Waals surface area contributed by atoms with Crippen LogP contribution in [0.5, 0.6) is 28.7 Å². The summed E-state index contributed by atoms with van der Waals surface area (Å²) in [5.74, 6) is -1.96. The maximum Gasteiger partial charge on any atom is 0.336 e. The van der Waals surface area contributed by atoms with E-state index in [1.54, 1.807) is 0 Å². The fourth-order valence-electron chi connectivity index (χ4n) is 3.94. The van der Waals surface area contributed by atoms with Crippen molar-refractivity contribution in [2.45, 2.75) is 30.7 Å². The van der Waals surface area contributed by atoms with Gasteiger partial charge in [-0.1, -0.05) is 0 Å². The number of aromatic hydroxyl groups is 2. The predicted molar refractivity (Wildman–Crippen MR) is 123 cm³/mol. The molecule has 0 spiro atoms. The topological polar surface area (TPSA) is 209 Å². The van der Waals surface area contributed by atoms with Crippen molar-refractivity contribution in [2.24, 2.45) is 0 Å². The third-order valence-electron chi connectivity index (χ3n) is 5.84. The number of benzene rings is 2. The standard InChI is InChI=1S/C24H20O13/c25-8-14-18(30)19(31)20(32)24(35-14)34-12-4-1-9-2-5-15(27)36-21(9)23(12)33-13-7-11(26)17(29)22-10(13)3-6-16(28)37-22/h1-7,14,18-20,24-26,29-32H,8H2/t14-,18-,19+,20-,24-/m1/s1. The van der Waals surface area contributed by atoms with Gasteiger partial charge in [-0.25, -0.2) is 9.59 Å². The molecule has 2 aromatic heterocycles. The minimum atomic E-state index is -1.75. The lowest BCUT2D eigenvalue weighted by Crippen LogP contribution is -2.60. The highest BCUT2D eigenvalue weighted by Crippen LogP contribution is 2.45. The first-order valence-corrected chi connectivity index (χ1v) is 10.9. The van der Waals surface area contributed by atoms with Crippen molar-refractivity contribution in [2.75, 3.05) is 6.61 Å². The molecule has 37 heavy (non-hydrogen) atoms. The van der Waals surface area contributed by atoms with Gasteiger partial charge in [0.15, 0.2) is 22.7 Å². The molecule has 0 aliphatic carbocycles. The summed E-state index contributed by atoms with van der Waals surface area (Å²) in [4.78, 5) is 23.7. The first kappa shape index (κ1) is 24.5. The summed E-state index contributed by atoms with van der Waals surface area (Å²) in [6, 6.07) is 8.83. The van der Waals surface area contributed by atoms with E-state index >= 15 is 0 Å². The number of ether oxygens (including phenoxy) is 3. The molecule has 5 atom stereocenters. The van der Waals surface area contributed by atoms with Gasteiger partial charge in [0.25, 0.3) is 0 Å². The molecule has 3 heterocycles. The van der Waals surface area contributed by atoms with Gasteiger partial charge in [-0.2, -0.15) is 0 Å². The molecule has 1 fully saturated rings. The summed E-state index contributed by atoms with van der Waals surface area (Å²) >= 11 is 0. The van der Waals surface area contributed by atoms with Crippen LogP contribution in [0.3, 0.4) is 0 Å². The normalized spacial score (nSPS) is 23.8. The number of aliphatic hydroxyl groups excluding tert-OH is 4. The minimum absolute atomic E-state index is 0.0592. The van der Waals surface area contributed by atoms with Crippen LogP contribution in [0.2, 0.25) is 0 Å². The van der Waals surface area contributed by atoms with Crippen molar-refractivity contribution in [3.63, 3.8) is 0 Å². The van der Waals surface area contributed by atoms with Gasteiger partial charge in [-0.15, -0.1) is 0 Å². The van der Waals surface area contributed by atoms with Crippen molar-refractivity contribution >= 4 is 21.9 Å². The Morgan fingerprint density at radius 2 is 1.49 bits per heavy atom. The van der Waals surface area contributed by atoms with Crippen LogP contribution in [-0.2, 0) is 4.74 Å². The van der Waals surface area contributed by atoms with Crippen LogP contribution < -0.4 is 20.7 Å². The Morgan fingerprint density at radius 3 is 2.22 bits per heavy atom. The number of phenols is 2. The lowest BCUT2D eigenvalue weighted by atomic mass is 9.99. The summed E-state index contributed by atoms with van der Waals surface area (Å²) in [5.41, 5.74) is -2.04. The molecule has 1 saturated heterocycles. The molecule has 13 nitrogen and oxygen atoms in total. The molecule has 0 bridgehead atoms. The average molecular weight is 516 g/mol. The van der Waals surface area contributed by atoms with Crippen LogP contribution in [0.4, 0.5) is 0 Å². The molecule has 0 saturated carbocycles. The van der Waals surface area contributed by atoms with Gasteiger partial charge >= 0.3 is 11.3 Å². The highest BCUT2D eigenvalue weighted by atomic mass is 16.7. The van der Waals surface area contributed by atoms with Crippen molar-refractivity contribution in [3.8, 4) is 28.7 Å². The highest BCUT2D eigenvalue weighted by molar-refractivity contribution is 5.92. The Kier molecular flexibility index (Phi) is 6.23. The Balaban J connectivity index is 1.65. The molecule has 0 amide bonds. The SMILES string of the molecule is O=c1ccc2ccc(O[C@@H]3O[C@H](CO)[C@@H](O)[C@H](O)[C@H]3O)c(Oc3cc(O)c(O)c4oc(=O)ccc34)c2o1. The first-order valence-electron chi connectivity index (χ1n) is 10.9. The summed E-state index contributed by atoms with van der Waals surface area (Å²) in [6.45, 7) is -0.690. The maximum atomic E-state index is 12.0. The molecule has 2 aromatic carbocycles. The third-order valence-corrected chi connectivity index (χ3v) is 5.84. The molecule has 0 unspecified atom stereocenters. The lowest BCUT2D eigenvalue weighted by Gasteiger charge is -2.39. The van der Waals surface area contributed by atoms with Gasteiger partial charge in [0.05, 0.1) is 12.0 Å². The zero-order valence-electron chi connectivity index (χ0n) is 18.7. The fraction of sp³-hybridized carbons (Fsp3) is 0.250. The smallest absolute Gasteiger partial charge is 0.336 e. The number of hydrogen-bond donors (Lipinski definition) is 6. The van der Waals surface area contributed by atoms with E-state index in [9.17, 15) is 40.2 Å². The molecule has 1 aliphatic rings. The van der Waals surface area contributed by atoms with Gasteiger partial charge in [-0.3, -0.25) is 0 Å². The Bertz CT molecular complexity index is 1590. The van der Waals surface area contributed by atoms with Gasteiger partial charge in [0.1, 0.15) is 30.2 Å². The Labute approximate surface area is 205 Å². The zero-order chi connectivity index (χ0) is 26.4. The lowest BCUT2D eigenvalue weighted by molar-refractivity contribution is -0.277. The van der Waals surface area contributed by atoms with Crippen molar-refractivity contribution in [1.82, 2.24) is 0 Å². The van der Waals surface area contributed by atoms with Gasteiger partial charge in [0, 0.05) is 23.6 Å². The Morgan fingerprint density at radius 1 is 0.811 bits per heavy atom. The van der Waals surface area contributed by atoms with Crippen LogP contribution in [0.15, 0.2) is 60.9 Å². The van der Waals surface area contributed by atoms with E-state index in [-0.39, 0.29) is 33.8 Å². The molecular weight excluding hydrogens is 496 g/mol. The molecule has 5 rings (SSSR count). The maximum absolute atomic E-state index is 12.0. The number of aliphatic hydroxyl groups is 4. The molecule has 13 heteroatoms. The van der Waals surface area contributed by atoms with E-state index in [2.05, 4.69) is 0 Å². The summed E-state index contributed by atoms with van der Waals surface area (Å²) < 4.78 is 27.4. The molecule has 194 valence electrons. The van der Waals surface area contributed by atoms with Gasteiger partial charge < -0.3 is 53.7 Å². The Hall–Kier alpha value is -4.14.